The van der Waals surface area contributed by atoms with E-state index in [0.29, 0.717) is 23.2 Å². The third-order valence-corrected chi connectivity index (χ3v) is 5.16. The molecule has 0 aliphatic heterocycles. The van der Waals surface area contributed by atoms with Crippen molar-refractivity contribution < 1.29 is 9.59 Å². The van der Waals surface area contributed by atoms with Gasteiger partial charge in [-0.15, -0.1) is 0 Å². The molecule has 0 saturated heterocycles. The second kappa shape index (κ2) is 7.70. The molecule has 1 unspecified atom stereocenters. The van der Waals surface area contributed by atoms with E-state index in [0.717, 1.165) is 18.5 Å². The van der Waals surface area contributed by atoms with Crippen LogP contribution in [0.1, 0.15) is 56.2 Å². The Balaban J connectivity index is 1.83. The summed E-state index contributed by atoms with van der Waals surface area (Å²) in [4.78, 5) is 32.0. The van der Waals surface area contributed by atoms with Crippen molar-refractivity contribution in [3.63, 3.8) is 0 Å². The Morgan fingerprint density at radius 2 is 2.04 bits per heavy atom. The topological polar surface area (TPSA) is 149 Å². The first kappa shape index (κ1) is 20.0. The summed E-state index contributed by atoms with van der Waals surface area (Å²) in [6.07, 6.45) is 4.24. The molecule has 28 heavy (non-hydrogen) atoms. The number of rotatable bonds is 8. The number of anilines is 3. The highest BCUT2D eigenvalue weighted by atomic mass is 32.1. The predicted molar refractivity (Wildman–Crippen MR) is 109 cm³/mol. The van der Waals surface area contributed by atoms with Crippen LogP contribution in [0.5, 0.6) is 0 Å². The zero-order valence-corrected chi connectivity index (χ0v) is 17.0. The zero-order chi connectivity index (χ0) is 20.5. The van der Waals surface area contributed by atoms with Gasteiger partial charge in [-0.05, 0) is 29.9 Å². The summed E-state index contributed by atoms with van der Waals surface area (Å²) in [5.41, 5.74) is 11.8. The van der Waals surface area contributed by atoms with Crippen molar-refractivity contribution >= 4 is 40.0 Å². The highest BCUT2D eigenvalue weighted by Crippen LogP contribution is 2.34. The molecule has 150 valence electrons. The molecule has 3 rings (SSSR count). The molecule has 2 heterocycles. The van der Waals surface area contributed by atoms with E-state index in [9.17, 15) is 9.59 Å². The molecule has 9 nitrogen and oxygen atoms in total. The van der Waals surface area contributed by atoms with Crippen molar-refractivity contribution in [2.24, 2.45) is 17.4 Å². The Kier molecular flexibility index (Phi) is 5.50. The molecule has 1 saturated carbocycles. The summed E-state index contributed by atoms with van der Waals surface area (Å²) in [5.74, 6) is -0.0896. The Morgan fingerprint density at radius 3 is 2.57 bits per heavy atom. The number of nitrogens with zero attached hydrogens (tertiary/aromatic N) is 3. The molecule has 0 spiro atoms. The smallest absolute Gasteiger partial charge is 0.271 e. The van der Waals surface area contributed by atoms with Crippen LogP contribution >= 0.6 is 11.5 Å². The van der Waals surface area contributed by atoms with Gasteiger partial charge in [-0.3, -0.25) is 9.59 Å². The van der Waals surface area contributed by atoms with E-state index in [1.54, 1.807) is 0 Å². The van der Waals surface area contributed by atoms with Crippen molar-refractivity contribution in [3.8, 4) is 0 Å². The summed E-state index contributed by atoms with van der Waals surface area (Å²) < 4.78 is 4.43. The fourth-order valence-corrected chi connectivity index (χ4v) is 3.47. The van der Waals surface area contributed by atoms with Gasteiger partial charge in [-0.1, -0.05) is 33.6 Å². The van der Waals surface area contributed by atoms with E-state index in [-0.39, 0.29) is 16.9 Å². The Hall–Kier alpha value is -2.75. The summed E-state index contributed by atoms with van der Waals surface area (Å²) in [6, 6.07) is 1.36. The molecule has 2 aromatic heterocycles. The molecule has 1 aliphatic carbocycles. The number of carbonyl (C=O) groups is 2. The fourth-order valence-electron chi connectivity index (χ4n) is 2.64. The van der Waals surface area contributed by atoms with Crippen LogP contribution in [0, 0.1) is 5.92 Å². The van der Waals surface area contributed by atoms with Crippen LogP contribution in [-0.2, 0) is 10.2 Å². The highest BCUT2D eigenvalue weighted by Gasteiger charge is 2.29. The van der Waals surface area contributed by atoms with E-state index >= 15 is 0 Å². The number of hydrogen-bond acceptors (Lipinski definition) is 8. The summed E-state index contributed by atoms with van der Waals surface area (Å²) in [7, 11) is 0. The lowest BCUT2D eigenvalue weighted by molar-refractivity contribution is -0.118. The standard InChI is InChI=1S/C18H25N7O2S/c1-18(2,3)11-7-13(28-25-11)24-17-14(16(20)27)21-8-12(23-17)22-10(15(19)26)6-9-4-5-9/h7-10H,4-6H2,1-3H3,(H2,19,26)(H2,20,27)(H2,22,23,24). The largest absolute Gasteiger partial charge is 0.368 e. The number of nitrogens with two attached hydrogens (primary N) is 2. The van der Waals surface area contributed by atoms with E-state index in [1.807, 2.05) is 6.07 Å². The molecule has 0 bridgehead atoms. The molecule has 2 aromatic rings. The summed E-state index contributed by atoms with van der Waals surface area (Å²) >= 11 is 1.26. The molecular weight excluding hydrogens is 378 g/mol. The normalized spacial score (nSPS) is 15.1. The van der Waals surface area contributed by atoms with Crippen LogP contribution in [0.2, 0.25) is 0 Å². The fraction of sp³-hybridized carbons (Fsp3) is 0.500. The second-order valence-corrected chi connectivity index (χ2v) is 8.85. The zero-order valence-electron chi connectivity index (χ0n) is 16.2. The van der Waals surface area contributed by atoms with Crippen molar-refractivity contribution in [1.29, 1.82) is 0 Å². The van der Waals surface area contributed by atoms with E-state index < -0.39 is 17.9 Å². The van der Waals surface area contributed by atoms with Crippen molar-refractivity contribution in [1.82, 2.24) is 14.3 Å². The Bertz CT molecular complexity index is 886. The molecule has 10 heteroatoms. The Labute approximate surface area is 167 Å². The van der Waals surface area contributed by atoms with Gasteiger partial charge in [0.05, 0.1) is 11.9 Å². The van der Waals surface area contributed by atoms with Gasteiger partial charge in [0.15, 0.2) is 11.5 Å². The highest BCUT2D eigenvalue weighted by molar-refractivity contribution is 7.10. The maximum absolute atomic E-state index is 11.7. The minimum Gasteiger partial charge on any atom is -0.368 e. The molecule has 0 aromatic carbocycles. The number of hydrogen-bond donors (Lipinski definition) is 4. The van der Waals surface area contributed by atoms with Gasteiger partial charge < -0.3 is 22.1 Å². The Morgan fingerprint density at radius 1 is 1.32 bits per heavy atom. The first-order valence-electron chi connectivity index (χ1n) is 9.10. The number of amides is 2. The van der Waals surface area contributed by atoms with Crippen molar-refractivity contribution in [2.75, 3.05) is 10.6 Å². The van der Waals surface area contributed by atoms with E-state index in [2.05, 4.69) is 45.7 Å². The van der Waals surface area contributed by atoms with Crippen molar-refractivity contribution in [2.45, 2.75) is 51.5 Å². The summed E-state index contributed by atoms with van der Waals surface area (Å²) in [5, 5.41) is 6.80. The molecule has 1 atom stereocenters. The third kappa shape index (κ3) is 4.94. The molecular formula is C18H25N7O2S. The molecule has 2 amide bonds. The maximum atomic E-state index is 11.7. The van der Waals surface area contributed by atoms with Crippen LogP contribution in [0.25, 0.3) is 0 Å². The first-order chi connectivity index (χ1) is 13.1. The van der Waals surface area contributed by atoms with E-state index in [4.69, 9.17) is 11.5 Å². The van der Waals surface area contributed by atoms with Gasteiger partial charge in [0, 0.05) is 5.41 Å². The summed E-state index contributed by atoms with van der Waals surface area (Å²) in [6.45, 7) is 6.19. The van der Waals surface area contributed by atoms with Crippen LogP contribution < -0.4 is 22.1 Å². The average Bonchev–Trinajstić information content (AvgIpc) is 3.28. The average molecular weight is 404 g/mol. The van der Waals surface area contributed by atoms with Crippen LogP contribution in [0.15, 0.2) is 12.3 Å². The quantitative estimate of drug-likeness (QED) is 0.527. The van der Waals surface area contributed by atoms with Crippen LogP contribution in [0.3, 0.4) is 0 Å². The number of aromatic nitrogens is 3. The van der Waals surface area contributed by atoms with Gasteiger partial charge in [-0.2, -0.15) is 4.37 Å². The number of carbonyl (C=O) groups excluding carboxylic acids is 2. The number of primary amides is 2. The second-order valence-electron chi connectivity index (χ2n) is 8.05. The molecule has 1 fully saturated rings. The SMILES string of the molecule is CC(C)(C)c1cc(Nc2nc(NC(CC3CC3)C(N)=O)cnc2C(N)=O)sn1. The van der Waals surface area contributed by atoms with Gasteiger partial charge in [0.1, 0.15) is 16.9 Å². The lowest BCUT2D eigenvalue weighted by Crippen LogP contribution is -2.36. The van der Waals surface area contributed by atoms with Crippen LogP contribution in [0.4, 0.5) is 16.6 Å². The first-order valence-corrected chi connectivity index (χ1v) is 9.87. The van der Waals surface area contributed by atoms with Crippen LogP contribution in [-0.4, -0.2) is 32.2 Å². The van der Waals surface area contributed by atoms with E-state index in [1.165, 1.54) is 17.7 Å². The maximum Gasteiger partial charge on any atom is 0.271 e. The lowest BCUT2D eigenvalue weighted by Gasteiger charge is -2.16. The molecule has 1 aliphatic rings. The minimum atomic E-state index is -0.702. The van der Waals surface area contributed by atoms with Gasteiger partial charge in [-0.25, -0.2) is 9.97 Å². The minimum absolute atomic E-state index is 0.00840. The van der Waals surface area contributed by atoms with Gasteiger partial charge >= 0.3 is 0 Å². The monoisotopic (exact) mass is 403 g/mol. The molecule has 0 radical (unpaired) electrons. The van der Waals surface area contributed by atoms with Crippen molar-refractivity contribution in [3.05, 3.63) is 23.7 Å². The molecule has 6 N–H and O–H groups in total. The lowest BCUT2D eigenvalue weighted by atomic mass is 9.92. The number of nitrogens with one attached hydrogen (secondary N) is 2. The van der Waals surface area contributed by atoms with Gasteiger partial charge in [0.2, 0.25) is 5.91 Å². The van der Waals surface area contributed by atoms with Gasteiger partial charge in [0.25, 0.3) is 5.91 Å². The third-order valence-electron chi connectivity index (χ3n) is 4.46. The predicted octanol–water partition coefficient (Wildman–Crippen LogP) is 2.14.